The molecule has 0 spiro atoms. The fraction of sp³-hybridized carbons (Fsp3) is 0.455. The lowest BCUT2D eigenvalue weighted by molar-refractivity contribution is 0.580. The molecule has 0 unspecified atom stereocenters. The van der Waals surface area contributed by atoms with Crippen molar-refractivity contribution in [1.29, 1.82) is 0 Å². The summed E-state index contributed by atoms with van der Waals surface area (Å²) >= 11 is 0. The summed E-state index contributed by atoms with van der Waals surface area (Å²) in [4.78, 5) is 0.205. The second-order valence-electron chi connectivity index (χ2n) is 4.42. The van der Waals surface area contributed by atoms with Gasteiger partial charge < -0.3 is 0 Å². The predicted octanol–water partition coefficient (Wildman–Crippen LogP) is 0.249. The van der Waals surface area contributed by atoms with E-state index in [-0.39, 0.29) is 11.4 Å². The Balaban J connectivity index is 2.19. The fourth-order valence-corrected chi connectivity index (χ4v) is 2.92. The van der Waals surface area contributed by atoms with Gasteiger partial charge in [0.1, 0.15) is 4.90 Å². The van der Waals surface area contributed by atoms with Gasteiger partial charge in [0.2, 0.25) is 10.0 Å². The molecule has 0 aromatic carbocycles. The van der Waals surface area contributed by atoms with Gasteiger partial charge in [0.15, 0.2) is 0 Å². The van der Waals surface area contributed by atoms with Gasteiger partial charge in [0.25, 0.3) is 0 Å². The Morgan fingerprint density at radius 3 is 2.16 bits per heavy atom. The molecule has 2 aromatic heterocycles. The third-order valence-electron chi connectivity index (χ3n) is 3.27. The largest absolute Gasteiger partial charge is 0.273 e. The summed E-state index contributed by atoms with van der Waals surface area (Å²) in [5.74, 6) is 0. The lowest BCUT2D eigenvalue weighted by Crippen LogP contribution is -2.24. The van der Waals surface area contributed by atoms with E-state index in [0.717, 1.165) is 11.3 Å². The summed E-state index contributed by atoms with van der Waals surface area (Å²) in [6.07, 6.45) is 3.02. The average Bonchev–Trinajstić information content (AvgIpc) is 2.84. The highest BCUT2D eigenvalue weighted by Gasteiger charge is 2.20. The number of hydrogen-bond donors (Lipinski definition) is 1. The Kier molecular flexibility index (Phi) is 3.46. The zero-order valence-corrected chi connectivity index (χ0v) is 12.2. The Bertz CT molecular complexity index is 699. The molecule has 104 valence electrons. The second kappa shape index (κ2) is 4.78. The number of sulfonamides is 1. The third-order valence-corrected chi connectivity index (χ3v) is 4.77. The molecule has 0 saturated carbocycles. The SMILES string of the molecule is Cc1c(CNS(=O)(=O)c2cnn(C)c2C)cnn1C. The van der Waals surface area contributed by atoms with E-state index in [9.17, 15) is 8.42 Å². The van der Waals surface area contributed by atoms with Crippen molar-refractivity contribution in [3.8, 4) is 0 Å². The molecule has 2 heterocycles. The molecule has 0 aliphatic rings. The van der Waals surface area contributed by atoms with Crippen LogP contribution in [0.5, 0.6) is 0 Å². The normalized spacial score (nSPS) is 12.0. The van der Waals surface area contributed by atoms with Crippen LogP contribution < -0.4 is 4.72 Å². The maximum Gasteiger partial charge on any atom is 0.244 e. The molecule has 2 aromatic rings. The maximum absolute atomic E-state index is 12.2. The van der Waals surface area contributed by atoms with E-state index < -0.39 is 10.0 Å². The Morgan fingerprint density at radius 2 is 1.68 bits per heavy atom. The number of aromatic nitrogens is 4. The molecule has 7 nitrogen and oxygen atoms in total. The minimum atomic E-state index is -3.55. The molecule has 0 bridgehead atoms. The molecule has 1 N–H and O–H groups in total. The van der Waals surface area contributed by atoms with E-state index in [0.29, 0.717) is 5.69 Å². The maximum atomic E-state index is 12.2. The van der Waals surface area contributed by atoms with E-state index in [1.54, 1.807) is 24.9 Å². The zero-order chi connectivity index (χ0) is 14.2. The lowest BCUT2D eigenvalue weighted by atomic mass is 10.3. The van der Waals surface area contributed by atoms with Gasteiger partial charge in [0, 0.05) is 31.9 Å². The molecule has 0 atom stereocenters. The Labute approximate surface area is 112 Å². The van der Waals surface area contributed by atoms with E-state index in [1.165, 1.54) is 10.9 Å². The van der Waals surface area contributed by atoms with Crippen molar-refractivity contribution in [3.63, 3.8) is 0 Å². The van der Waals surface area contributed by atoms with Crippen LogP contribution in [0.4, 0.5) is 0 Å². The average molecular weight is 283 g/mol. The van der Waals surface area contributed by atoms with Crippen molar-refractivity contribution >= 4 is 10.0 Å². The van der Waals surface area contributed by atoms with Gasteiger partial charge in [-0.2, -0.15) is 10.2 Å². The lowest BCUT2D eigenvalue weighted by Gasteiger charge is -2.06. The van der Waals surface area contributed by atoms with E-state index in [1.807, 2.05) is 14.0 Å². The van der Waals surface area contributed by atoms with Gasteiger partial charge in [-0.15, -0.1) is 0 Å². The van der Waals surface area contributed by atoms with Crippen molar-refractivity contribution in [2.45, 2.75) is 25.3 Å². The molecule has 0 fully saturated rings. The Morgan fingerprint density at radius 1 is 1.11 bits per heavy atom. The summed E-state index contributed by atoms with van der Waals surface area (Å²) < 4.78 is 30.1. The van der Waals surface area contributed by atoms with Crippen LogP contribution in [0.1, 0.15) is 17.0 Å². The number of aryl methyl sites for hydroxylation is 2. The summed E-state index contributed by atoms with van der Waals surface area (Å²) in [6.45, 7) is 3.83. The van der Waals surface area contributed by atoms with E-state index in [2.05, 4.69) is 14.9 Å². The predicted molar refractivity (Wildman–Crippen MR) is 69.9 cm³/mol. The molecule has 0 saturated heterocycles. The first-order chi connectivity index (χ1) is 8.83. The molecule has 0 aliphatic carbocycles. The molecule has 19 heavy (non-hydrogen) atoms. The third kappa shape index (κ3) is 2.54. The van der Waals surface area contributed by atoms with Crippen LogP contribution in [0, 0.1) is 13.8 Å². The van der Waals surface area contributed by atoms with Crippen molar-refractivity contribution in [3.05, 3.63) is 29.3 Å². The standard InChI is InChI=1S/C11H17N5O2S/c1-8-10(5-12-15(8)3)6-14-19(17,18)11-7-13-16(4)9(11)2/h5,7,14H,6H2,1-4H3. The zero-order valence-electron chi connectivity index (χ0n) is 11.4. The van der Waals surface area contributed by atoms with Gasteiger partial charge in [-0.3, -0.25) is 9.36 Å². The van der Waals surface area contributed by atoms with Crippen LogP contribution in [0.3, 0.4) is 0 Å². The first-order valence-electron chi connectivity index (χ1n) is 5.78. The van der Waals surface area contributed by atoms with Gasteiger partial charge in [-0.05, 0) is 13.8 Å². The monoisotopic (exact) mass is 283 g/mol. The molecule has 2 rings (SSSR count). The Hall–Kier alpha value is -1.67. The van der Waals surface area contributed by atoms with Crippen LogP contribution in [-0.2, 0) is 30.7 Å². The van der Waals surface area contributed by atoms with Gasteiger partial charge in [-0.1, -0.05) is 0 Å². The highest BCUT2D eigenvalue weighted by molar-refractivity contribution is 7.89. The first kappa shape index (κ1) is 13.8. The van der Waals surface area contributed by atoms with Gasteiger partial charge in [0.05, 0.1) is 18.1 Å². The summed E-state index contributed by atoms with van der Waals surface area (Å²) in [5, 5.41) is 8.02. The van der Waals surface area contributed by atoms with Crippen molar-refractivity contribution in [2.24, 2.45) is 14.1 Å². The second-order valence-corrected chi connectivity index (χ2v) is 6.16. The van der Waals surface area contributed by atoms with Crippen molar-refractivity contribution < 1.29 is 8.42 Å². The molecular weight excluding hydrogens is 266 g/mol. The van der Waals surface area contributed by atoms with Crippen molar-refractivity contribution in [2.75, 3.05) is 0 Å². The van der Waals surface area contributed by atoms with Crippen LogP contribution in [0.2, 0.25) is 0 Å². The van der Waals surface area contributed by atoms with E-state index in [4.69, 9.17) is 0 Å². The summed E-state index contributed by atoms with van der Waals surface area (Å²) in [7, 11) is -0.0202. The summed E-state index contributed by atoms with van der Waals surface area (Å²) in [5.41, 5.74) is 2.40. The number of nitrogens with zero attached hydrogens (tertiary/aromatic N) is 4. The van der Waals surface area contributed by atoms with Crippen LogP contribution in [0.15, 0.2) is 17.3 Å². The first-order valence-corrected chi connectivity index (χ1v) is 7.27. The quantitative estimate of drug-likeness (QED) is 0.872. The molecular formula is C11H17N5O2S. The van der Waals surface area contributed by atoms with Crippen LogP contribution >= 0.6 is 0 Å². The fourth-order valence-electron chi connectivity index (χ4n) is 1.71. The topological polar surface area (TPSA) is 81.8 Å². The smallest absolute Gasteiger partial charge is 0.244 e. The van der Waals surface area contributed by atoms with E-state index >= 15 is 0 Å². The highest BCUT2D eigenvalue weighted by Crippen LogP contribution is 2.14. The van der Waals surface area contributed by atoms with Crippen LogP contribution in [-0.4, -0.2) is 28.0 Å². The molecule has 8 heteroatoms. The highest BCUT2D eigenvalue weighted by atomic mass is 32.2. The minimum absolute atomic E-state index is 0.205. The number of nitrogens with one attached hydrogen (secondary N) is 1. The van der Waals surface area contributed by atoms with Gasteiger partial charge >= 0.3 is 0 Å². The summed E-state index contributed by atoms with van der Waals surface area (Å²) in [6, 6.07) is 0. The molecule has 0 amide bonds. The number of rotatable bonds is 4. The minimum Gasteiger partial charge on any atom is -0.273 e. The molecule has 0 radical (unpaired) electrons. The number of hydrogen-bond acceptors (Lipinski definition) is 4. The molecule has 0 aliphatic heterocycles. The van der Waals surface area contributed by atoms with Crippen molar-refractivity contribution in [1.82, 2.24) is 24.3 Å². The van der Waals surface area contributed by atoms with Gasteiger partial charge in [-0.25, -0.2) is 13.1 Å². The van der Waals surface area contributed by atoms with Crippen LogP contribution in [0.25, 0.3) is 0 Å².